The molecule has 126 valence electrons. The van der Waals surface area contributed by atoms with Crippen LogP contribution in [-0.4, -0.2) is 17.1 Å². The number of halogens is 2. The van der Waals surface area contributed by atoms with Crippen molar-refractivity contribution in [1.82, 2.24) is 9.97 Å². The SMILES string of the molecule is COc1c(F)cc(F)cc1-c1c[nH]c2ncc(-c3ccc(C)o3)cc12. The molecule has 0 amide bonds. The number of ether oxygens (including phenoxy) is 1. The Morgan fingerprint density at radius 3 is 2.68 bits per heavy atom. The van der Waals surface area contributed by atoms with E-state index in [2.05, 4.69) is 9.97 Å². The van der Waals surface area contributed by atoms with Crippen molar-refractivity contribution in [2.24, 2.45) is 0 Å². The van der Waals surface area contributed by atoms with Gasteiger partial charge >= 0.3 is 0 Å². The number of nitrogens with zero attached hydrogens (tertiary/aromatic N) is 1. The molecule has 3 heterocycles. The van der Waals surface area contributed by atoms with Crippen LogP contribution < -0.4 is 4.74 Å². The van der Waals surface area contributed by atoms with Crippen LogP contribution >= 0.6 is 0 Å². The Morgan fingerprint density at radius 2 is 1.96 bits per heavy atom. The Balaban J connectivity index is 1.94. The summed E-state index contributed by atoms with van der Waals surface area (Å²) in [6.45, 7) is 1.86. The predicted molar refractivity (Wildman–Crippen MR) is 90.4 cm³/mol. The summed E-state index contributed by atoms with van der Waals surface area (Å²) in [4.78, 5) is 7.39. The second kappa shape index (κ2) is 5.73. The fourth-order valence-electron chi connectivity index (χ4n) is 2.92. The molecular weight excluding hydrogens is 326 g/mol. The summed E-state index contributed by atoms with van der Waals surface area (Å²) in [5.41, 5.74) is 2.30. The van der Waals surface area contributed by atoms with Gasteiger partial charge in [-0.05, 0) is 31.2 Å². The van der Waals surface area contributed by atoms with E-state index in [4.69, 9.17) is 9.15 Å². The minimum Gasteiger partial charge on any atom is -0.493 e. The molecule has 0 atom stereocenters. The molecule has 0 unspecified atom stereocenters. The second-order valence-electron chi connectivity index (χ2n) is 5.70. The fraction of sp³-hybridized carbons (Fsp3) is 0.105. The van der Waals surface area contributed by atoms with Gasteiger partial charge in [0, 0.05) is 40.5 Å². The van der Waals surface area contributed by atoms with Crippen LogP contribution in [0.15, 0.2) is 47.1 Å². The van der Waals surface area contributed by atoms with E-state index in [1.165, 1.54) is 13.2 Å². The number of methoxy groups -OCH3 is 1. The van der Waals surface area contributed by atoms with Crippen molar-refractivity contribution in [3.05, 3.63) is 60.1 Å². The van der Waals surface area contributed by atoms with Crippen molar-refractivity contribution in [2.45, 2.75) is 6.92 Å². The Kier molecular flexibility index (Phi) is 3.53. The van der Waals surface area contributed by atoms with Gasteiger partial charge in [-0.25, -0.2) is 13.8 Å². The van der Waals surface area contributed by atoms with E-state index in [0.717, 1.165) is 22.8 Å². The lowest BCUT2D eigenvalue weighted by atomic mass is 10.0. The minimum atomic E-state index is -0.752. The summed E-state index contributed by atoms with van der Waals surface area (Å²) >= 11 is 0. The number of aromatic amines is 1. The van der Waals surface area contributed by atoms with Gasteiger partial charge in [0.05, 0.1) is 7.11 Å². The summed E-state index contributed by atoms with van der Waals surface area (Å²) in [6, 6.07) is 7.63. The Bertz CT molecular complexity index is 1080. The molecule has 0 spiro atoms. The zero-order chi connectivity index (χ0) is 17.6. The van der Waals surface area contributed by atoms with Gasteiger partial charge in [-0.2, -0.15) is 0 Å². The molecule has 1 N–H and O–H groups in total. The van der Waals surface area contributed by atoms with Crippen LogP contribution in [0.4, 0.5) is 8.78 Å². The van der Waals surface area contributed by atoms with Crippen LogP contribution in [0.1, 0.15) is 5.76 Å². The first kappa shape index (κ1) is 15.4. The quantitative estimate of drug-likeness (QED) is 0.565. The Morgan fingerprint density at radius 1 is 1.12 bits per heavy atom. The largest absolute Gasteiger partial charge is 0.493 e. The van der Waals surface area contributed by atoms with Crippen molar-refractivity contribution in [2.75, 3.05) is 7.11 Å². The van der Waals surface area contributed by atoms with Crippen LogP contribution in [0, 0.1) is 18.6 Å². The highest BCUT2D eigenvalue weighted by Crippen LogP contribution is 2.38. The molecule has 25 heavy (non-hydrogen) atoms. The molecule has 4 nitrogen and oxygen atoms in total. The lowest BCUT2D eigenvalue weighted by Crippen LogP contribution is -1.93. The number of fused-ring (bicyclic) bond motifs is 1. The van der Waals surface area contributed by atoms with E-state index in [1.807, 2.05) is 25.1 Å². The van der Waals surface area contributed by atoms with Crippen molar-refractivity contribution in [3.8, 4) is 28.2 Å². The molecule has 0 saturated carbocycles. The van der Waals surface area contributed by atoms with Crippen molar-refractivity contribution < 1.29 is 17.9 Å². The number of hydrogen-bond donors (Lipinski definition) is 1. The molecule has 0 aliphatic carbocycles. The summed E-state index contributed by atoms with van der Waals surface area (Å²) in [5.74, 6) is 0.0299. The summed E-state index contributed by atoms with van der Waals surface area (Å²) in [6.07, 6.45) is 3.34. The maximum Gasteiger partial charge on any atom is 0.168 e. The van der Waals surface area contributed by atoms with Gasteiger partial charge in [0.1, 0.15) is 23.0 Å². The van der Waals surface area contributed by atoms with E-state index in [9.17, 15) is 8.78 Å². The van der Waals surface area contributed by atoms with E-state index in [0.29, 0.717) is 22.5 Å². The Hall–Kier alpha value is -3.15. The number of benzene rings is 1. The van der Waals surface area contributed by atoms with Crippen LogP contribution in [0.5, 0.6) is 5.75 Å². The van der Waals surface area contributed by atoms with Gasteiger partial charge in [-0.15, -0.1) is 0 Å². The highest BCUT2D eigenvalue weighted by Gasteiger charge is 2.18. The number of nitrogens with one attached hydrogen (secondary N) is 1. The minimum absolute atomic E-state index is 0.0125. The zero-order valence-electron chi connectivity index (χ0n) is 13.6. The maximum absolute atomic E-state index is 14.0. The average molecular weight is 340 g/mol. The molecule has 0 aliphatic heterocycles. The van der Waals surface area contributed by atoms with E-state index in [1.54, 1.807) is 12.4 Å². The smallest absolute Gasteiger partial charge is 0.168 e. The fourth-order valence-corrected chi connectivity index (χ4v) is 2.92. The molecule has 0 radical (unpaired) electrons. The first-order valence-corrected chi connectivity index (χ1v) is 7.64. The van der Waals surface area contributed by atoms with Gasteiger partial charge in [0.15, 0.2) is 11.6 Å². The molecule has 4 aromatic rings. The summed E-state index contributed by atoms with van der Waals surface area (Å²) in [7, 11) is 1.35. The predicted octanol–water partition coefficient (Wildman–Crippen LogP) is 5.09. The highest BCUT2D eigenvalue weighted by atomic mass is 19.1. The van der Waals surface area contributed by atoms with Gasteiger partial charge in [-0.1, -0.05) is 0 Å². The van der Waals surface area contributed by atoms with Crippen LogP contribution in [-0.2, 0) is 0 Å². The van der Waals surface area contributed by atoms with Crippen molar-refractivity contribution in [1.29, 1.82) is 0 Å². The summed E-state index contributed by atoms with van der Waals surface area (Å²) < 4.78 is 38.5. The monoisotopic (exact) mass is 340 g/mol. The molecule has 1 aromatic carbocycles. The topological polar surface area (TPSA) is 51.0 Å². The van der Waals surface area contributed by atoms with Gasteiger partial charge in [0.25, 0.3) is 0 Å². The first-order chi connectivity index (χ1) is 12.1. The third-order valence-corrected chi connectivity index (χ3v) is 4.06. The van der Waals surface area contributed by atoms with Crippen molar-refractivity contribution >= 4 is 11.0 Å². The molecular formula is C19H14F2N2O2. The van der Waals surface area contributed by atoms with E-state index < -0.39 is 11.6 Å². The van der Waals surface area contributed by atoms with Crippen LogP contribution in [0.2, 0.25) is 0 Å². The van der Waals surface area contributed by atoms with Crippen LogP contribution in [0.3, 0.4) is 0 Å². The Labute approximate surface area is 142 Å². The standard InChI is InChI=1S/C19H14F2N2O2/c1-10-3-4-17(25-10)11-5-14-15(9-23-19(14)22-8-11)13-6-12(20)7-16(21)18(13)24-2/h3-9H,1-2H3,(H,22,23). The van der Waals surface area contributed by atoms with Crippen LogP contribution in [0.25, 0.3) is 33.5 Å². The molecule has 4 rings (SSSR count). The third-order valence-electron chi connectivity index (χ3n) is 4.06. The second-order valence-corrected chi connectivity index (χ2v) is 5.70. The molecule has 0 bridgehead atoms. The zero-order valence-corrected chi connectivity index (χ0v) is 13.6. The highest BCUT2D eigenvalue weighted by molar-refractivity contribution is 5.97. The normalized spacial score (nSPS) is 11.2. The van der Waals surface area contributed by atoms with Crippen molar-refractivity contribution in [3.63, 3.8) is 0 Å². The number of pyridine rings is 1. The number of furan rings is 1. The van der Waals surface area contributed by atoms with Gasteiger partial charge < -0.3 is 14.1 Å². The number of rotatable bonds is 3. The number of hydrogen-bond acceptors (Lipinski definition) is 3. The van der Waals surface area contributed by atoms with E-state index in [-0.39, 0.29) is 5.75 Å². The average Bonchev–Trinajstić information content (AvgIpc) is 3.19. The van der Waals surface area contributed by atoms with E-state index >= 15 is 0 Å². The number of aryl methyl sites for hydroxylation is 1. The third kappa shape index (κ3) is 2.55. The van der Waals surface area contributed by atoms with Gasteiger partial charge in [-0.3, -0.25) is 0 Å². The number of H-pyrrole nitrogens is 1. The lowest BCUT2D eigenvalue weighted by Gasteiger charge is -2.09. The first-order valence-electron chi connectivity index (χ1n) is 7.64. The summed E-state index contributed by atoms with van der Waals surface area (Å²) in [5, 5.41) is 0.717. The molecule has 0 aliphatic rings. The number of aromatic nitrogens is 2. The molecule has 0 saturated heterocycles. The molecule has 6 heteroatoms. The van der Waals surface area contributed by atoms with Gasteiger partial charge in [0.2, 0.25) is 0 Å². The lowest BCUT2D eigenvalue weighted by molar-refractivity contribution is 0.386. The molecule has 0 fully saturated rings. The molecule has 3 aromatic heterocycles. The maximum atomic E-state index is 14.0.